The molecule has 0 aliphatic carbocycles. The van der Waals surface area contributed by atoms with Gasteiger partial charge in [0.2, 0.25) is 5.43 Å². The predicted molar refractivity (Wildman–Crippen MR) is 154 cm³/mol. The van der Waals surface area contributed by atoms with E-state index in [4.69, 9.17) is 10.5 Å². The molecule has 5 rings (SSSR count). The van der Waals surface area contributed by atoms with Crippen LogP contribution in [0.15, 0.2) is 59.5 Å². The molecule has 10 heteroatoms. The number of primary amides is 1. The molecule has 1 saturated heterocycles. The van der Waals surface area contributed by atoms with Crippen LogP contribution < -0.4 is 15.9 Å². The van der Waals surface area contributed by atoms with Crippen molar-refractivity contribution in [3.8, 4) is 5.75 Å². The van der Waals surface area contributed by atoms with Gasteiger partial charge >= 0.3 is 0 Å². The van der Waals surface area contributed by atoms with Crippen LogP contribution in [0, 0.1) is 17.6 Å². The summed E-state index contributed by atoms with van der Waals surface area (Å²) in [4.78, 5) is 43.8. The van der Waals surface area contributed by atoms with E-state index in [1.807, 2.05) is 37.3 Å². The quantitative estimate of drug-likeness (QED) is 0.408. The minimum atomic E-state index is -0.909. The molecule has 1 fully saturated rings. The zero-order chi connectivity index (χ0) is 30.1. The number of hydrogen-bond acceptors (Lipinski definition) is 5. The van der Waals surface area contributed by atoms with Gasteiger partial charge in [-0.3, -0.25) is 19.3 Å². The first kappa shape index (κ1) is 29.4. The van der Waals surface area contributed by atoms with Gasteiger partial charge in [-0.25, -0.2) is 8.78 Å². The molecule has 2 aromatic carbocycles. The Morgan fingerprint density at radius 2 is 1.86 bits per heavy atom. The van der Waals surface area contributed by atoms with Gasteiger partial charge in [0, 0.05) is 30.9 Å². The Hall–Kier alpha value is -4.05. The molecule has 3 aromatic rings. The molecule has 2 amide bonds. The molecular formula is C32H36F2N4O4. The summed E-state index contributed by atoms with van der Waals surface area (Å²) in [6.45, 7) is 7.09. The van der Waals surface area contributed by atoms with Crippen molar-refractivity contribution in [1.29, 1.82) is 0 Å². The second kappa shape index (κ2) is 12.1. The summed E-state index contributed by atoms with van der Waals surface area (Å²) in [7, 11) is 0. The molecule has 0 saturated carbocycles. The maximum atomic E-state index is 14.7. The molecule has 2 aliphatic heterocycles. The van der Waals surface area contributed by atoms with Crippen molar-refractivity contribution in [3.63, 3.8) is 0 Å². The molecule has 3 heterocycles. The van der Waals surface area contributed by atoms with E-state index in [0.717, 1.165) is 18.1 Å². The SMILES string of the molecule is CC(C)CCN1C(Cc2ccc(F)cc2F)C[C@@H](C)N2C(=O)c3c(OCc4ccccc4)c(=O)c(C(N)=O)cn3C[C@H]12. The fourth-order valence-electron chi connectivity index (χ4n) is 6.09. The Kier molecular flexibility index (Phi) is 8.45. The molecule has 42 heavy (non-hydrogen) atoms. The van der Waals surface area contributed by atoms with E-state index in [1.165, 1.54) is 18.3 Å². The fraction of sp³-hybridized carbons (Fsp3) is 0.406. The highest BCUT2D eigenvalue weighted by molar-refractivity contribution is 5.99. The molecule has 1 unspecified atom stereocenters. The van der Waals surface area contributed by atoms with Crippen LogP contribution in [0.3, 0.4) is 0 Å². The van der Waals surface area contributed by atoms with E-state index >= 15 is 0 Å². The number of carbonyl (C=O) groups is 2. The van der Waals surface area contributed by atoms with Gasteiger partial charge in [0.1, 0.15) is 30.0 Å². The molecule has 2 aliphatic rings. The Labute approximate surface area is 243 Å². The fourth-order valence-corrected chi connectivity index (χ4v) is 6.09. The lowest BCUT2D eigenvalue weighted by Crippen LogP contribution is -2.67. The summed E-state index contributed by atoms with van der Waals surface area (Å²) in [6, 6.07) is 12.5. The molecule has 0 radical (unpaired) electrons. The van der Waals surface area contributed by atoms with Gasteiger partial charge in [-0.1, -0.05) is 50.2 Å². The van der Waals surface area contributed by atoms with Gasteiger partial charge in [-0.15, -0.1) is 0 Å². The van der Waals surface area contributed by atoms with Gasteiger partial charge in [-0.05, 0) is 49.3 Å². The van der Waals surface area contributed by atoms with E-state index < -0.39 is 29.1 Å². The first-order valence-electron chi connectivity index (χ1n) is 14.3. The summed E-state index contributed by atoms with van der Waals surface area (Å²) in [5.41, 5.74) is 5.89. The standard InChI is InChI=1S/C32H36F2N4O4/c1-19(2)11-12-37-24(14-22-9-10-23(33)15-26(22)34)13-20(3)38-27(37)17-36-16-25(31(35)40)29(39)30(28(36)32(38)41)42-18-21-7-5-4-6-8-21/h4-10,15-16,19-20,24,27H,11-14,17-18H2,1-3H3,(H2,35,40)/t20-,24?,27-/m1/s1. The maximum Gasteiger partial charge on any atom is 0.276 e. The summed E-state index contributed by atoms with van der Waals surface area (Å²) in [5.74, 6) is -2.33. The molecule has 2 N–H and O–H groups in total. The summed E-state index contributed by atoms with van der Waals surface area (Å²) in [6.07, 6.45) is 2.66. The minimum absolute atomic E-state index is 0.0311. The lowest BCUT2D eigenvalue weighted by molar-refractivity contribution is -0.0625. The number of rotatable bonds is 9. The van der Waals surface area contributed by atoms with Crippen molar-refractivity contribution in [2.24, 2.45) is 11.7 Å². The van der Waals surface area contributed by atoms with Crippen molar-refractivity contribution in [1.82, 2.24) is 14.4 Å². The first-order valence-corrected chi connectivity index (χ1v) is 14.3. The molecule has 8 nitrogen and oxygen atoms in total. The number of ether oxygens (including phenoxy) is 1. The van der Waals surface area contributed by atoms with Crippen molar-refractivity contribution in [2.45, 2.75) is 71.4 Å². The molecule has 0 spiro atoms. The van der Waals surface area contributed by atoms with E-state index in [9.17, 15) is 23.2 Å². The smallest absolute Gasteiger partial charge is 0.276 e. The number of hydrogen-bond donors (Lipinski definition) is 1. The minimum Gasteiger partial charge on any atom is -0.483 e. The Balaban J connectivity index is 1.55. The van der Waals surface area contributed by atoms with Gasteiger partial charge < -0.3 is 19.9 Å². The highest BCUT2D eigenvalue weighted by atomic mass is 19.1. The largest absolute Gasteiger partial charge is 0.483 e. The zero-order valence-electron chi connectivity index (χ0n) is 24.1. The first-order chi connectivity index (χ1) is 20.0. The van der Waals surface area contributed by atoms with Crippen LogP contribution in [0.4, 0.5) is 8.78 Å². The second-order valence-corrected chi connectivity index (χ2v) is 11.6. The van der Waals surface area contributed by atoms with Crippen LogP contribution >= 0.6 is 0 Å². The van der Waals surface area contributed by atoms with Crippen LogP contribution in [0.2, 0.25) is 0 Å². The number of fused-ring (bicyclic) bond motifs is 2. The third-order valence-corrected chi connectivity index (χ3v) is 8.22. The van der Waals surface area contributed by atoms with Crippen molar-refractivity contribution < 1.29 is 23.1 Å². The van der Waals surface area contributed by atoms with Crippen molar-refractivity contribution in [3.05, 3.63) is 99.0 Å². The highest BCUT2D eigenvalue weighted by Crippen LogP contribution is 2.35. The van der Waals surface area contributed by atoms with Gasteiger partial charge in [0.25, 0.3) is 11.8 Å². The van der Waals surface area contributed by atoms with Crippen LogP contribution in [-0.4, -0.2) is 51.0 Å². The van der Waals surface area contributed by atoms with Gasteiger partial charge in [0.15, 0.2) is 11.4 Å². The van der Waals surface area contributed by atoms with Gasteiger partial charge in [-0.2, -0.15) is 0 Å². The average Bonchev–Trinajstić information content (AvgIpc) is 2.93. The van der Waals surface area contributed by atoms with E-state index in [1.54, 1.807) is 9.47 Å². The van der Waals surface area contributed by atoms with E-state index in [0.29, 0.717) is 30.9 Å². The monoisotopic (exact) mass is 578 g/mol. The Morgan fingerprint density at radius 3 is 2.52 bits per heavy atom. The van der Waals surface area contributed by atoms with Crippen molar-refractivity contribution >= 4 is 11.8 Å². The second-order valence-electron chi connectivity index (χ2n) is 11.6. The zero-order valence-corrected chi connectivity index (χ0v) is 24.1. The third kappa shape index (κ3) is 5.81. The lowest BCUT2D eigenvalue weighted by atomic mass is 9.91. The van der Waals surface area contributed by atoms with E-state index in [2.05, 4.69) is 18.7 Å². The van der Waals surface area contributed by atoms with Crippen LogP contribution in [0.5, 0.6) is 5.75 Å². The number of carbonyl (C=O) groups excluding carboxylic acids is 2. The lowest BCUT2D eigenvalue weighted by Gasteiger charge is -2.54. The van der Waals surface area contributed by atoms with Gasteiger partial charge in [0.05, 0.1) is 6.54 Å². The Bertz CT molecular complexity index is 1540. The van der Waals surface area contributed by atoms with Crippen LogP contribution in [-0.2, 0) is 19.6 Å². The number of aromatic nitrogens is 1. The van der Waals surface area contributed by atoms with E-state index in [-0.39, 0.29) is 48.1 Å². The number of amides is 2. The number of nitrogens with zero attached hydrogens (tertiary/aromatic N) is 3. The average molecular weight is 579 g/mol. The highest BCUT2D eigenvalue weighted by Gasteiger charge is 2.47. The summed E-state index contributed by atoms with van der Waals surface area (Å²) < 4.78 is 35.9. The Morgan fingerprint density at radius 1 is 1.12 bits per heavy atom. The molecule has 1 aromatic heterocycles. The summed E-state index contributed by atoms with van der Waals surface area (Å²) >= 11 is 0. The molecule has 222 valence electrons. The number of nitrogens with two attached hydrogens (primary N) is 1. The topological polar surface area (TPSA) is 97.9 Å². The van der Waals surface area contributed by atoms with Crippen LogP contribution in [0.25, 0.3) is 0 Å². The normalized spacial score (nSPS) is 20.4. The maximum absolute atomic E-state index is 14.7. The molecule has 3 atom stereocenters. The number of pyridine rings is 1. The number of benzene rings is 2. The number of halogens is 2. The third-order valence-electron chi connectivity index (χ3n) is 8.22. The predicted octanol–water partition coefficient (Wildman–Crippen LogP) is 4.34. The van der Waals surface area contributed by atoms with Crippen LogP contribution in [0.1, 0.15) is 65.6 Å². The molecular weight excluding hydrogens is 542 g/mol. The summed E-state index contributed by atoms with van der Waals surface area (Å²) in [5, 5.41) is 0. The molecule has 0 bridgehead atoms. The van der Waals surface area contributed by atoms with Crippen molar-refractivity contribution in [2.75, 3.05) is 6.54 Å².